The molecule has 0 atom stereocenters. The topological polar surface area (TPSA) is 0 Å². The van der Waals surface area contributed by atoms with Gasteiger partial charge in [-0.3, -0.25) is 0 Å². The average Bonchev–Trinajstić information content (AvgIpc) is 3.05. The van der Waals surface area contributed by atoms with E-state index in [1.807, 2.05) is 0 Å². The molecule has 1 nitrogen and oxygen atoms in total. The van der Waals surface area contributed by atoms with Gasteiger partial charge >= 0.3 is 0 Å². The van der Waals surface area contributed by atoms with E-state index in [2.05, 4.69) is 27.9 Å². The van der Waals surface area contributed by atoms with E-state index < -0.39 is 0 Å². The Kier molecular flexibility index (Phi) is 44.5. The molecule has 0 rings (SSSR count). The van der Waals surface area contributed by atoms with Crippen LogP contribution in [0.5, 0.6) is 0 Å². The number of rotatable bonds is 41. The van der Waals surface area contributed by atoms with Crippen LogP contribution in [-0.4, -0.2) is 31.7 Å². The zero-order valence-electron chi connectivity index (χ0n) is 33.8. The molecule has 0 spiro atoms. The van der Waals surface area contributed by atoms with Crippen molar-refractivity contribution >= 4 is 0 Å². The largest absolute Gasteiger partial charge is 1.00 e. The maximum atomic E-state index is 2.48. The third-order valence-corrected chi connectivity index (χ3v) is 11.0. The van der Waals surface area contributed by atoms with Gasteiger partial charge in [0.2, 0.25) is 0 Å². The summed E-state index contributed by atoms with van der Waals surface area (Å²) in [5.41, 5.74) is 0. The summed E-state index contributed by atoms with van der Waals surface area (Å²) in [7, 11) is 4.95. The number of unbranched alkanes of at least 4 members (excludes halogenated alkanes) is 37. The fraction of sp³-hybridized carbons (Fsp3) is 1.00. The lowest BCUT2D eigenvalue weighted by atomic mass is 10.0. The maximum Gasteiger partial charge on any atom is 0.0782 e. The highest BCUT2D eigenvalue weighted by molar-refractivity contribution is 4.53. The summed E-state index contributed by atoms with van der Waals surface area (Å²) >= 11 is 0. The predicted molar refractivity (Wildman–Crippen MR) is 213 cm³/mol. The molecule has 286 valence electrons. The van der Waals surface area contributed by atoms with Gasteiger partial charge in [0.15, 0.2) is 0 Å². The molecule has 0 unspecified atom stereocenters. The highest BCUT2D eigenvalue weighted by Gasteiger charge is 2.13. The number of hydrogen-bond donors (Lipinski definition) is 0. The first-order valence-corrected chi connectivity index (χ1v) is 22.4. The van der Waals surface area contributed by atoms with E-state index in [-0.39, 0.29) is 12.4 Å². The molecule has 0 aromatic heterocycles. The Morgan fingerprint density at radius 2 is 0.340 bits per heavy atom. The summed E-state index contributed by atoms with van der Waals surface area (Å²) in [6.45, 7) is 7.40. The number of halogens is 1. The second-order valence-electron chi connectivity index (χ2n) is 16.5. The lowest BCUT2D eigenvalue weighted by molar-refractivity contribution is -0.890. The standard InChI is InChI=1S/C45H94N.ClH/c1-5-7-9-11-13-15-17-19-21-23-25-26-27-29-31-33-35-37-39-41-43-45-46(3,4)44-42-40-38-36-34-32-30-28-24-22-20-18-16-14-12-10-8-6-2;/h5-45H2,1-4H3;1H/q+1;/p-1. The minimum absolute atomic E-state index is 0. The van der Waals surface area contributed by atoms with Crippen LogP contribution in [0.4, 0.5) is 0 Å². The normalized spacial score (nSPS) is 11.7. The number of nitrogens with zero attached hydrogens (tertiary/aromatic N) is 1. The molecular formula is C45H94ClN. The van der Waals surface area contributed by atoms with Gasteiger partial charge < -0.3 is 16.9 Å². The van der Waals surface area contributed by atoms with E-state index in [1.165, 1.54) is 268 Å². The zero-order chi connectivity index (χ0) is 33.5. The van der Waals surface area contributed by atoms with Gasteiger partial charge in [0.25, 0.3) is 0 Å². The van der Waals surface area contributed by atoms with Crippen LogP contribution in [0.25, 0.3) is 0 Å². The summed E-state index contributed by atoms with van der Waals surface area (Å²) < 4.78 is 1.25. The molecule has 0 aliphatic heterocycles. The second kappa shape index (κ2) is 42.4. The molecule has 0 aliphatic rings. The molecule has 0 aliphatic carbocycles. The van der Waals surface area contributed by atoms with Crippen LogP contribution in [0.2, 0.25) is 0 Å². The Balaban J connectivity index is 0. The Morgan fingerprint density at radius 1 is 0.213 bits per heavy atom. The Morgan fingerprint density at radius 3 is 0.489 bits per heavy atom. The van der Waals surface area contributed by atoms with Crippen LogP contribution in [0.1, 0.15) is 264 Å². The maximum absolute atomic E-state index is 2.48. The molecule has 0 saturated heterocycles. The second-order valence-corrected chi connectivity index (χ2v) is 16.5. The van der Waals surface area contributed by atoms with Crippen molar-refractivity contribution in [1.82, 2.24) is 0 Å². The molecular weight excluding hydrogens is 590 g/mol. The molecule has 0 fully saturated rings. The number of quaternary nitrogens is 1. The Labute approximate surface area is 307 Å². The SMILES string of the molecule is CCCCCCCCCCCCCCCCCCCCCCC[N+](C)(C)CCCCCCCCCCCCCCCCCCCC.[Cl-]. The molecule has 0 radical (unpaired) electrons. The highest BCUT2D eigenvalue weighted by Crippen LogP contribution is 2.17. The van der Waals surface area contributed by atoms with Crippen LogP contribution >= 0.6 is 0 Å². The van der Waals surface area contributed by atoms with E-state index in [0.717, 1.165) is 0 Å². The van der Waals surface area contributed by atoms with Gasteiger partial charge in [-0.15, -0.1) is 0 Å². The number of hydrogen-bond acceptors (Lipinski definition) is 0. The molecule has 0 aromatic rings. The van der Waals surface area contributed by atoms with E-state index in [9.17, 15) is 0 Å². The molecule has 47 heavy (non-hydrogen) atoms. The van der Waals surface area contributed by atoms with Gasteiger partial charge in [-0.05, 0) is 25.7 Å². The van der Waals surface area contributed by atoms with Crippen molar-refractivity contribution in [3.05, 3.63) is 0 Å². The van der Waals surface area contributed by atoms with Crippen molar-refractivity contribution < 1.29 is 16.9 Å². The fourth-order valence-electron chi connectivity index (χ4n) is 7.53. The summed E-state index contributed by atoms with van der Waals surface area (Å²) in [6, 6.07) is 0. The highest BCUT2D eigenvalue weighted by atomic mass is 35.5. The van der Waals surface area contributed by atoms with Gasteiger partial charge in [-0.25, -0.2) is 0 Å². The first-order chi connectivity index (χ1) is 22.6. The molecule has 0 amide bonds. The van der Waals surface area contributed by atoms with Crippen molar-refractivity contribution in [3.63, 3.8) is 0 Å². The Hall–Kier alpha value is 0.250. The van der Waals surface area contributed by atoms with Gasteiger partial charge in [-0.2, -0.15) is 0 Å². The molecule has 0 aromatic carbocycles. The summed E-state index contributed by atoms with van der Waals surface area (Å²) in [5, 5.41) is 0. The van der Waals surface area contributed by atoms with Crippen LogP contribution in [0.3, 0.4) is 0 Å². The first kappa shape index (κ1) is 49.4. The fourth-order valence-corrected chi connectivity index (χ4v) is 7.53. The van der Waals surface area contributed by atoms with Crippen LogP contribution in [0.15, 0.2) is 0 Å². The van der Waals surface area contributed by atoms with Crippen LogP contribution < -0.4 is 12.4 Å². The lowest BCUT2D eigenvalue weighted by Crippen LogP contribution is -3.00. The quantitative estimate of drug-likeness (QED) is 0.0444. The summed E-state index contributed by atoms with van der Waals surface area (Å²) in [5.74, 6) is 0. The minimum atomic E-state index is 0. The first-order valence-electron chi connectivity index (χ1n) is 22.4. The molecule has 2 heteroatoms. The van der Waals surface area contributed by atoms with E-state index in [1.54, 1.807) is 0 Å². The van der Waals surface area contributed by atoms with E-state index in [0.29, 0.717) is 0 Å². The third-order valence-electron chi connectivity index (χ3n) is 11.0. The summed E-state index contributed by atoms with van der Waals surface area (Å²) in [6.07, 6.45) is 57.4. The zero-order valence-corrected chi connectivity index (χ0v) is 34.6. The predicted octanol–water partition coefficient (Wildman–Crippen LogP) is 13.3. The third kappa shape index (κ3) is 44.2. The van der Waals surface area contributed by atoms with Crippen molar-refractivity contribution in [3.8, 4) is 0 Å². The lowest BCUT2D eigenvalue weighted by Gasteiger charge is -2.30. The van der Waals surface area contributed by atoms with Gasteiger partial charge in [-0.1, -0.05) is 239 Å². The van der Waals surface area contributed by atoms with Crippen molar-refractivity contribution in [2.75, 3.05) is 27.2 Å². The monoisotopic (exact) mass is 684 g/mol. The van der Waals surface area contributed by atoms with Crippen molar-refractivity contribution in [1.29, 1.82) is 0 Å². The molecule has 0 N–H and O–H groups in total. The van der Waals surface area contributed by atoms with Gasteiger partial charge in [0, 0.05) is 0 Å². The van der Waals surface area contributed by atoms with Crippen LogP contribution in [0, 0.1) is 0 Å². The van der Waals surface area contributed by atoms with Crippen LogP contribution in [-0.2, 0) is 0 Å². The molecule has 0 saturated carbocycles. The van der Waals surface area contributed by atoms with Crippen molar-refractivity contribution in [2.45, 2.75) is 264 Å². The molecule has 0 heterocycles. The Bertz CT molecular complexity index is 532. The van der Waals surface area contributed by atoms with Crippen molar-refractivity contribution in [2.24, 2.45) is 0 Å². The smallest absolute Gasteiger partial charge is 0.0782 e. The molecule has 0 bridgehead atoms. The van der Waals surface area contributed by atoms with E-state index in [4.69, 9.17) is 0 Å². The summed E-state index contributed by atoms with van der Waals surface area (Å²) in [4.78, 5) is 0. The van der Waals surface area contributed by atoms with Gasteiger partial charge in [0.1, 0.15) is 0 Å². The van der Waals surface area contributed by atoms with Gasteiger partial charge in [0.05, 0.1) is 27.2 Å². The minimum Gasteiger partial charge on any atom is -1.00 e. The average molecular weight is 685 g/mol. The van der Waals surface area contributed by atoms with E-state index >= 15 is 0 Å².